The summed E-state index contributed by atoms with van der Waals surface area (Å²) in [5, 5.41) is 24.1. The third-order valence-corrected chi connectivity index (χ3v) is 3.17. The van der Waals surface area contributed by atoms with Crippen molar-refractivity contribution >= 4 is 59.5 Å². The molecule has 0 saturated heterocycles. The van der Waals surface area contributed by atoms with Gasteiger partial charge >= 0.3 is 23.9 Å². The number of pyridine rings is 1. The molecule has 0 bridgehead atoms. The van der Waals surface area contributed by atoms with Crippen LogP contribution in [-0.4, -0.2) is 69.7 Å². The van der Waals surface area contributed by atoms with Gasteiger partial charge in [0.1, 0.15) is 29.4 Å². The summed E-state index contributed by atoms with van der Waals surface area (Å²) >= 11 is 0. The fourth-order valence-electron chi connectivity index (χ4n) is 1.97. The van der Waals surface area contributed by atoms with Crippen LogP contribution < -0.4 is 11.5 Å². The predicted octanol–water partition coefficient (Wildman–Crippen LogP) is 0.764. The number of aromatic carboxylic acids is 2. The Bertz CT molecular complexity index is 950. The number of ketones is 2. The number of rotatable bonds is 9. The fraction of sp³-hybridized carbons (Fsp3) is 0.400. The lowest BCUT2D eigenvalue weighted by molar-refractivity contribution is -0.154. The van der Waals surface area contributed by atoms with E-state index in [-0.39, 0.29) is 54.9 Å². The highest BCUT2D eigenvalue weighted by molar-refractivity contribution is 6.36. The molecule has 14 nitrogen and oxygen atoms in total. The molecule has 7 N–H and O–H groups in total. The maximum atomic E-state index is 10.7. The average molecular weight is 521 g/mol. The van der Waals surface area contributed by atoms with E-state index in [1.807, 2.05) is 0 Å². The minimum Gasteiger partial charge on any atom is -0.478 e. The first-order chi connectivity index (χ1) is 15.7. The van der Waals surface area contributed by atoms with Crippen molar-refractivity contribution in [3.8, 4) is 0 Å². The molecule has 1 aromatic rings. The minimum absolute atomic E-state index is 0. The van der Waals surface area contributed by atoms with Crippen molar-refractivity contribution in [1.82, 2.24) is 4.98 Å². The number of nitrogens with one attached hydrogen (secondary N) is 1. The van der Waals surface area contributed by atoms with Crippen LogP contribution in [0.1, 0.15) is 60.0 Å². The summed E-state index contributed by atoms with van der Waals surface area (Å²) in [5.74, 6) is -5.65. The fourth-order valence-corrected chi connectivity index (χ4v) is 1.97. The van der Waals surface area contributed by atoms with Gasteiger partial charge in [-0.2, -0.15) is 0 Å². The first-order valence-electron chi connectivity index (χ1n) is 9.59. The van der Waals surface area contributed by atoms with Gasteiger partial charge in [0, 0.05) is 5.69 Å². The van der Waals surface area contributed by atoms with Gasteiger partial charge in [-0.1, -0.05) is 0 Å². The molecule has 0 spiro atoms. The van der Waals surface area contributed by atoms with E-state index in [2.05, 4.69) is 14.5 Å². The molecule has 196 valence electrons. The van der Waals surface area contributed by atoms with Crippen LogP contribution >= 0.6 is 12.4 Å². The number of ether oxygens (including phenoxy) is 2. The van der Waals surface area contributed by atoms with Crippen molar-refractivity contribution in [2.24, 2.45) is 5.73 Å². The second-order valence-corrected chi connectivity index (χ2v) is 6.21. The van der Waals surface area contributed by atoms with E-state index < -0.39 is 35.2 Å². The molecule has 0 aliphatic carbocycles. The van der Waals surface area contributed by atoms with Crippen molar-refractivity contribution in [2.75, 3.05) is 18.9 Å². The zero-order chi connectivity index (χ0) is 27.0. The van der Waals surface area contributed by atoms with E-state index in [0.29, 0.717) is 12.3 Å². The quantitative estimate of drug-likeness (QED) is 0.0991. The van der Waals surface area contributed by atoms with Crippen molar-refractivity contribution in [2.45, 2.75) is 40.5 Å². The number of carbonyl (C=O) groups excluding carboxylic acids is 4. The van der Waals surface area contributed by atoms with E-state index in [4.69, 9.17) is 27.1 Å². The summed E-state index contributed by atoms with van der Waals surface area (Å²) in [5.41, 5.74) is 9.76. The Kier molecular flexibility index (Phi) is 18.6. The lowest BCUT2D eigenvalue weighted by Gasteiger charge is -2.05. The number of esters is 2. The number of amidine groups is 1. The van der Waals surface area contributed by atoms with E-state index in [1.165, 1.54) is 19.9 Å². The van der Waals surface area contributed by atoms with Crippen molar-refractivity contribution < 1.29 is 48.5 Å². The van der Waals surface area contributed by atoms with Crippen molar-refractivity contribution in [3.05, 3.63) is 22.9 Å². The Morgan fingerprint density at radius 3 is 1.89 bits per heavy atom. The molecule has 0 fully saturated rings. The third kappa shape index (κ3) is 16.2. The molecule has 0 aliphatic rings. The van der Waals surface area contributed by atoms with Crippen LogP contribution in [0.4, 0.5) is 5.82 Å². The van der Waals surface area contributed by atoms with Gasteiger partial charge in [-0.3, -0.25) is 19.8 Å². The summed E-state index contributed by atoms with van der Waals surface area (Å²) in [6.45, 7) is 6.58. The highest BCUT2D eigenvalue weighted by atomic mass is 35.5. The van der Waals surface area contributed by atoms with E-state index in [9.17, 15) is 28.8 Å². The molecule has 35 heavy (non-hydrogen) atoms. The molecule has 0 aromatic carbocycles. The highest BCUT2D eigenvalue weighted by Crippen LogP contribution is 2.16. The van der Waals surface area contributed by atoms with Crippen LogP contribution in [0.15, 0.2) is 6.07 Å². The number of carbonyl (C=O) groups is 6. The summed E-state index contributed by atoms with van der Waals surface area (Å²) in [6.07, 6.45) is -0.466. The number of anilines is 1. The van der Waals surface area contributed by atoms with Crippen molar-refractivity contribution in [1.29, 1.82) is 5.41 Å². The molecule has 0 unspecified atom stereocenters. The first kappa shape index (κ1) is 35.5. The summed E-state index contributed by atoms with van der Waals surface area (Å²) in [6, 6.07) is 1.17. The molecule has 15 heteroatoms. The molecular formula is C20H29ClN4O10. The molecule has 1 heterocycles. The number of aromatic nitrogens is 1. The van der Waals surface area contributed by atoms with Gasteiger partial charge in [0.15, 0.2) is 0 Å². The van der Waals surface area contributed by atoms with E-state index in [1.54, 1.807) is 13.8 Å². The Labute approximate surface area is 206 Å². The van der Waals surface area contributed by atoms with Gasteiger partial charge in [0.25, 0.3) is 0 Å². The van der Waals surface area contributed by atoms with Gasteiger partial charge in [-0.15, -0.1) is 12.4 Å². The topological polar surface area (TPSA) is 250 Å². The summed E-state index contributed by atoms with van der Waals surface area (Å²) < 4.78 is 8.86. The van der Waals surface area contributed by atoms with Crippen LogP contribution in [0.3, 0.4) is 0 Å². The maximum absolute atomic E-state index is 10.7. The lowest BCUT2D eigenvalue weighted by atomic mass is 10.1. The Hall–Kier alpha value is -4.07. The van der Waals surface area contributed by atoms with E-state index >= 15 is 0 Å². The lowest BCUT2D eigenvalue weighted by Crippen LogP contribution is -2.19. The van der Waals surface area contributed by atoms with Gasteiger partial charge < -0.3 is 31.2 Å². The number of carboxylic acid groups (broad SMARTS) is 2. The SMILES string of the molecule is CCOC(=O)C(=O)CC(C)=O.CCOC(=O)CC(=N)N.Cc1cc(C(=O)O)c(C(=O)O)c(N)n1.Cl. The zero-order valence-electron chi connectivity index (χ0n) is 19.6. The Morgan fingerprint density at radius 1 is 1.00 bits per heavy atom. The average Bonchev–Trinajstić information content (AvgIpc) is 2.67. The Morgan fingerprint density at radius 2 is 1.51 bits per heavy atom. The first-order valence-corrected chi connectivity index (χ1v) is 9.59. The molecule has 1 aromatic heterocycles. The van der Waals surface area contributed by atoms with Gasteiger partial charge in [-0.05, 0) is 33.8 Å². The normalized spacial score (nSPS) is 8.91. The monoisotopic (exact) mass is 520 g/mol. The number of Topliss-reactive ketones (excluding diaryl/α,β-unsaturated/α-hetero) is 2. The van der Waals surface area contributed by atoms with Crippen LogP contribution in [0.2, 0.25) is 0 Å². The van der Waals surface area contributed by atoms with Crippen LogP contribution in [-0.2, 0) is 28.7 Å². The van der Waals surface area contributed by atoms with Crippen LogP contribution in [0.25, 0.3) is 0 Å². The number of nitrogens with two attached hydrogens (primary N) is 2. The molecule has 0 atom stereocenters. The molecule has 0 radical (unpaired) electrons. The second-order valence-electron chi connectivity index (χ2n) is 6.21. The minimum atomic E-state index is -1.40. The zero-order valence-corrected chi connectivity index (χ0v) is 20.4. The van der Waals surface area contributed by atoms with Gasteiger partial charge in [0.2, 0.25) is 5.78 Å². The maximum Gasteiger partial charge on any atom is 0.375 e. The van der Waals surface area contributed by atoms with Crippen molar-refractivity contribution in [3.63, 3.8) is 0 Å². The van der Waals surface area contributed by atoms with E-state index in [0.717, 1.165) is 0 Å². The highest BCUT2D eigenvalue weighted by Gasteiger charge is 2.20. The number of hydrogen-bond donors (Lipinski definition) is 5. The molecule has 0 saturated carbocycles. The number of aryl methyl sites for hydroxylation is 1. The Balaban J connectivity index is -0.000000445. The number of hydrogen-bond acceptors (Lipinski definition) is 11. The van der Waals surface area contributed by atoms with Gasteiger partial charge in [-0.25, -0.2) is 19.4 Å². The summed E-state index contributed by atoms with van der Waals surface area (Å²) in [7, 11) is 0. The summed E-state index contributed by atoms with van der Waals surface area (Å²) in [4.78, 5) is 67.0. The standard InChI is InChI=1S/C8H8N2O4.C7H10O4.C5H10N2O2.ClH/c1-3-2-4(7(11)12)5(8(13)14)6(9)10-3;1-3-11-7(10)6(9)4-5(2)8;1-2-9-5(8)3-4(6)7;/h2H,1H3,(H2,9,10)(H,11,12)(H,13,14);3-4H2,1-2H3;2-3H2,1H3,(H3,6,7);1H. The number of nitrogens with zero attached hydrogens (tertiary/aromatic N) is 1. The molecular weight excluding hydrogens is 492 g/mol. The number of carboxylic acids is 2. The van der Waals surface area contributed by atoms with Crippen LogP contribution in [0, 0.1) is 12.3 Å². The number of nitrogen functional groups attached to an aromatic ring is 1. The van der Waals surface area contributed by atoms with Gasteiger partial charge in [0.05, 0.1) is 25.2 Å². The third-order valence-electron chi connectivity index (χ3n) is 3.17. The number of halogens is 1. The largest absolute Gasteiger partial charge is 0.478 e. The van der Waals surface area contributed by atoms with Crippen LogP contribution in [0.5, 0.6) is 0 Å². The molecule has 1 rings (SSSR count). The molecule has 0 amide bonds. The second kappa shape index (κ2) is 18.4. The predicted molar refractivity (Wildman–Crippen MR) is 125 cm³/mol. The molecule has 0 aliphatic heterocycles. The smallest absolute Gasteiger partial charge is 0.375 e.